The van der Waals surface area contributed by atoms with Crippen molar-refractivity contribution in [2.45, 2.75) is 57.9 Å². The molecular weight excluding hydrogens is 326 g/mol. The van der Waals surface area contributed by atoms with Crippen LogP contribution in [0.25, 0.3) is 0 Å². The summed E-state index contributed by atoms with van der Waals surface area (Å²) >= 11 is 0. The fourth-order valence-corrected chi connectivity index (χ4v) is 3.82. The van der Waals surface area contributed by atoms with Gasteiger partial charge in [-0.3, -0.25) is 9.69 Å². The van der Waals surface area contributed by atoms with Gasteiger partial charge in [0, 0.05) is 13.1 Å². The number of likely N-dealkylation sites (tertiary alicyclic amines) is 1. The van der Waals surface area contributed by atoms with Crippen molar-refractivity contribution in [3.05, 3.63) is 35.4 Å². The van der Waals surface area contributed by atoms with E-state index in [0.29, 0.717) is 6.54 Å². The lowest BCUT2D eigenvalue weighted by atomic mass is 9.84. The van der Waals surface area contributed by atoms with Gasteiger partial charge >= 0.3 is 6.03 Å². The first-order valence-corrected chi connectivity index (χ1v) is 9.69. The van der Waals surface area contributed by atoms with Gasteiger partial charge in [0.15, 0.2) is 0 Å². The second kappa shape index (κ2) is 7.03. The number of piperidine rings is 1. The molecule has 3 amide bonds. The number of hydrogen-bond donors (Lipinski definition) is 1. The smallest absolute Gasteiger partial charge is 0.319 e. The van der Waals surface area contributed by atoms with Crippen LogP contribution in [0, 0.1) is 0 Å². The quantitative estimate of drug-likeness (QED) is 0.842. The van der Waals surface area contributed by atoms with Gasteiger partial charge < -0.3 is 10.2 Å². The van der Waals surface area contributed by atoms with Gasteiger partial charge in [-0.05, 0) is 49.4 Å². The van der Waals surface area contributed by atoms with Crippen molar-refractivity contribution < 1.29 is 9.59 Å². The summed E-state index contributed by atoms with van der Waals surface area (Å²) in [6.07, 6.45) is 3.69. The summed E-state index contributed by atoms with van der Waals surface area (Å²) in [7, 11) is 0. The maximum absolute atomic E-state index is 13.0. The van der Waals surface area contributed by atoms with Gasteiger partial charge in [-0.25, -0.2) is 4.79 Å². The summed E-state index contributed by atoms with van der Waals surface area (Å²) in [4.78, 5) is 29.2. The Kier molecular flexibility index (Phi) is 5.11. The van der Waals surface area contributed by atoms with Crippen molar-refractivity contribution in [1.82, 2.24) is 15.1 Å². The minimum Gasteiger partial charge on any atom is -0.319 e. The Balaban J connectivity index is 1.71. The highest BCUT2D eigenvalue weighted by atomic mass is 16.2. The van der Waals surface area contributed by atoms with Crippen LogP contribution < -0.4 is 5.32 Å². The molecular formula is C21H31N3O2. The average Bonchev–Trinajstić information content (AvgIpc) is 2.83. The number of rotatable bonds is 4. The van der Waals surface area contributed by atoms with Crippen molar-refractivity contribution in [2.24, 2.45) is 0 Å². The first-order valence-electron chi connectivity index (χ1n) is 9.69. The highest BCUT2D eigenvalue weighted by Gasteiger charge is 2.48. The maximum Gasteiger partial charge on any atom is 0.325 e. The SMILES string of the molecule is CC(C)(C)c1ccc(C2(C)NC(=O)N(CCN3CCCCC3)C2=O)cc1. The molecule has 1 N–H and O–H groups in total. The zero-order valence-electron chi connectivity index (χ0n) is 16.5. The fourth-order valence-electron chi connectivity index (χ4n) is 3.82. The lowest BCUT2D eigenvalue weighted by Gasteiger charge is -2.28. The van der Waals surface area contributed by atoms with E-state index in [2.05, 4.69) is 43.1 Å². The maximum atomic E-state index is 13.0. The number of carbonyl (C=O) groups is 2. The number of nitrogens with one attached hydrogen (secondary N) is 1. The third-order valence-corrected chi connectivity index (χ3v) is 5.69. The molecule has 1 unspecified atom stereocenters. The van der Waals surface area contributed by atoms with Crippen LogP contribution in [0.5, 0.6) is 0 Å². The average molecular weight is 357 g/mol. The normalized spacial score (nSPS) is 24.8. The van der Waals surface area contributed by atoms with Gasteiger partial charge in [-0.1, -0.05) is 51.5 Å². The van der Waals surface area contributed by atoms with Crippen molar-refractivity contribution in [3.63, 3.8) is 0 Å². The summed E-state index contributed by atoms with van der Waals surface area (Å²) in [5.41, 5.74) is 1.13. The molecule has 1 atom stereocenters. The topological polar surface area (TPSA) is 52.7 Å². The molecule has 0 radical (unpaired) electrons. The standard InChI is InChI=1S/C21H31N3O2/c1-20(2,3)16-8-10-17(11-9-16)21(4)18(25)24(19(26)22-21)15-14-23-12-6-5-7-13-23/h8-11H,5-7,12-15H2,1-4H3,(H,22,26). The molecule has 1 aromatic rings. The third-order valence-electron chi connectivity index (χ3n) is 5.69. The Morgan fingerprint density at radius 1 is 1.00 bits per heavy atom. The molecule has 26 heavy (non-hydrogen) atoms. The predicted molar refractivity (Wildman–Crippen MR) is 103 cm³/mol. The molecule has 1 aromatic carbocycles. The number of amides is 3. The van der Waals surface area contributed by atoms with Crippen LogP contribution in [-0.2, 0) is 15.7 Å². The van der Waals surface area contributed by atoms with Crippen LogP contribution in [0.15, 0.2) is 24.3 Å². The second-order valence-electron chi connectivity index (χ2n) is 8.74. The molecule has 2 heterocycles. The van der Waals surface area contributed by atoms with E-state index < -0.39 is 5.54 Å². The molecule has 0 aliphatic carbocycles. The van der Waals surface area contributed by atoms with E-state index in [1.54, 1.807) is 6.92 Å². The Morgan fingerprint density at radius 2 is 1.62 bits per heavy atom. The first kappa shape index (κ1) is 18.9. The molecule has 2 aliphatic rings. The van der Waals surface area contributed by atoms with Crippen LogP contribution in [0.1, 0.15) is 58.1 Å². The van der Waals surface area contributed by atoms with Crippen LogP contribution in [0.3, 0.4) is 0 Å². The van der Waals surface area contributed by atoms with Crippen molar-refractivity contribution in [1.29, 1.82) is 0 Å². The lowest BCUT2D eigenvalue weighted by molar-refractivity contribution is -0.131. The van der Waals surface area contributed by atoms with Crippen molar-refractivity contribution >= 4 is 11.9 Å². The van der Waals surface area contributed by atoms with Crippen LogP contribution >= 0.6 is 0 Å². The number of carbonyl (C=O) groups excluding carboxylic acids is 2. The predicted octanol–water partition coefficient (Wildman–Crippen LogP) is 3.24. The number of nitrogens with zero attached hydrogens (tertiary/aromatic N) is 2. The largest absolute Gasteiger partial charge is 0.325 e. The molecule has 2 fully saturated rings. The van der Waals surface area contributed by atoms with Crippen molar-refractivity contribution in [3.8, 4) is 0 Å². The number of benzene rings is 1. The Morgan fingerprint density at radius 3 is 2.19 bits per heavy atom. The summed E-state index contributed by atoms with van der Waals surface area (Å²) in [5, 5.41) is 2.91. The monoisotopic (exact) mass is 357 g/mol. The minimum absolute atomic E-state index is 0.0584. The summed E-state index contributed by atoms with van der Waals surface area (Å²) in [5.74, 6) is -0.150. The number of urea groups is 1. The first-order chi connectivity index (χ1) is 12.2. The lowest BCUT2D eigenvalue weighted by Crippen LogP contribution is -2.42. The van der Waals surface area contributed by atoms with E-state index in [1.165, 1.54) is 29.7 Å². The van der Waals surface area contributed by atoms with Gasteiger partial charge in [0.2, 0.25) is 0 Å². The van der Waals surface area contributed by atoms with Gasteiger partial charge in [0.05, 0.1) is 0 Å². The van der Waals surface area contributed by atoms with Gasteiger partial charge in [-0.2, -0.15) is 0 Å². The van der Waals surface area contributed by atoms with Crippen LogP contribution in [-0.4, -0.2) is 47.9 Å². The van der Waals surface area contributed by atoms with Gasteiger partial charge in [-0.15, -0.1) is 0 Å². The van der Waals surface area contributed by atoms with Gasteiger partial charge in [0.1, 0.15) is 5.54 Å². The molecule has 0 saturated carbocycles. The molecule has 2 saturated heterocycles. The summed E-state index contributed by atoms with van der Waals surface area (Å²) in [6, 6.07) is 7.75. The second-order valence-corrected chi connectivity index (χ2v) is 8.74. The molecule has 0 aromatic heterocycles. The number of imide groups is 1. The summed E-state index contributed by atoms with van der Waals surface area (Å²) in [6.45, 7) is 11.6. The minimum atomic E-state index is -0.977. The van der Waals surface area contributed by atoms with Crippen LogP contribution in [0.2, 0.25) is 0 Å². The summed E-state index contributed by atoms with van der Waals surface area (Å²) < 4.78 is 0. The molecule has 5 nitrogen and oxygen atoms in total. The molecule has 0 spiro atoms. The van der Waals surface area contributed by atoms with E-state index in [0.717, 1.165) is 25.2 Å². The Labute approximate surface area is 156 Å². The van der Waals surface area contributed by atoms with E-state index in [4.69, 9.17) is 0 Å². The molecule has 2 aliphatic heterocycles. The van der Waals surface area contributed by atoms with E-state index >= 15 is 0 Å². The molecule has 0 bridgehead atoms. The zero-order valence-corrected chi connectivity index (χ0v) is 16.5. The van der Waals surface area contributed by atoms with Crippen molar-refractivity contribution in [2.75, 3.05) is 26.2 Å². The molecule has 5 heteroatoms. The van der Waals surface area contributed by atoms with E-state index in [9.17, 15) is 9.59 Å². The molecule has 3 rings (SSSR count). The van der Waals surface area contributed by atoms with E-state index in [1.807, 2.05) is 12.1 Å². The highest BCUT2D eigenvalue weighted by Crippen LogP contribution is 2.31. The van der Waals surface area contributed by atoms with Crippen LogP contribution in [0.4, 0.5) is 4.79 Å². The Bertz CT molecular complexity index is 671. The zero-order chi connectivity index (χ0) is 18.9. The third kappa shape index (κ3) is 3.63. The highest BCUT2D eigenvalue weighted by molar-refractivity contribution is 6.07. The van der Waals surface area contributed by atoms with E-state index in [-0.39, 0.29) is 17.4 Å². The molecule has 142 valence electrons. The van der Waals surface area contributed by atoms with Gasteiger partial charge in [0.25, 0.3) is 5.91 Å². The number of hydrogen-bond acceptors (Lipinski definition) is 3. The Hall–Kier alpha value is -1.88. The fraction of sp³-hybridized carbons (Fsp3) is 0.619.